The maximum absolute atomic E-state index is 11.7. The SMILES string of the molecule is CCCCC[C@H]1O[C@@H](CC(=O)CC)CCC12SCCCS2. The molecule has 0 aromatic heterocycles. The number of rotatable bonds is 7. The molecule has 0 amide bonds. The molecule has 2 heterocycles. The van der Waals surface area contributed by atoms with Crippen LogP contribution < -0.4 is 0 Å². The van der Waals surface area contributed by atoms with Crippen molar-refractivity contribution < 1.29 is 9.53 Å². The van der Waals surface area contributed by atoms with E-state index in [0.717, 1.165) is 6.42 Å². The fourth-order valence-corrected chi connectivity index (χ4v) is 6.79. The van der Waals surface area contributed by atoms with Crippen molar-refractivity contribution in [3.05, 3.63) is 0 Å². The summed E-state index contributed by atoms with van der Waals surface area (Å²) >= 11 is 4.26. The molecule has 0 N–H and O–H groups in total. The Morgan fingerprint density at radius 2 is 2.00 bits per heavy atom. The van der Waals surface area contributed by atoms with Gasteiger partial charge in [-0.25, -0.2) is 0 Å². The van der Waals surface area contributed by atoms with Crippen LogP contribution in [0.4, 0.5) is 0 Å². The summed E-state index contributed by atoms with van der Waals surface area (Å²) in [5, 5.41) is 0. The third kappa shape index (κ3) is 4.90. The molecule has 122 valence electrons. The first-order valence-corrected chi connectivity index (χ1v) is 10.6. The van der Waals surface area contributed by atoms with E-state index in [9.17, 15) is 4.79 Å². The number of carbonyl (C=O) groups excluding carboxylic acids is 1. The van der Waals surface area contributed by atoms with Gasteiger partial charge in [-0.3, -0.25) is 4.79 Å². The maximum atomic E-state index is 11.7. The van der Waals surface area contributed by atoms with Crippen LogP contribution in [0.25, 0.3) is 0 Å². The number of hydrogen-bond donors (Lipinski definition) is 0. The largest absolute Gasteiger partial charge is 0.372 e. The highest BCUT2D eigenvalue weighted by molar-refractivity contribution is 8.18. The minimum Gasteiger partial charge on any atom is -0.372 e. The molecule has 0 aliphatic carbocycles. The first-order valence-electron chi connectivity index (χ1n) is 8.65. The number of Topliss-reactive ketones (excluding diaryl/α,β-unsaturated/α-hetero) is 1. The van der Waals surface area contributed by atoms with E-state index in [0.29, 0.717) is 24.7 Å². The van der Waals surface area contributed by atoms with Crippen molar-refractivity contribution in [1.29, 1.82) is 0 Å². The second-order valence-corrected chi connectivity index (χ2v) is 9.35. The lowest BCUT2D eigenvalue weighted by Gasteiger charge is -2.47. The third-order valence-corrected chi connectivity index (χ3v) is 8.17. The Balaban J connectivity index is 1.96. The molecular weight excluding hydrogens is 300 g/mol. The highest BCUT2D eigenvalue weighted by Gasteiger charge is 2.46. The first kappa shape index (κ1) is 17.7. The van der Waals surface area contributed by atoms with Crippen molar-refractivity contribution in [2.45, 2.75) is 87.9 Å². The molecule has 0 saturated carbocycles. The van der Waals surface area contributed by atoms with Crippen LogP contribution in [-0.4, -0.2) is 33.6 Å². The summed E-state index contributed by atoms with van der Waals surface area (Å²) in [4.78, 5) is 11.7. The molecular formula is C17H30O2S2. The number of hydrogen-bond acceptors (Lipinski definition) is 4. The molecule has 1 spiro atoms. The van der Waals surface area contributed by atoms with E-state index in [1.165, 1.54) is 50.0 Å². The summed E-state index contributed by atoms with van der Waals surface area (Å²) in [6.45, 7) is 4.21. The molecule has 2 aliphatic heterocycles. The first-order chi connectivity index (χ1) is 10.2. The molecule has 2 atom stereocenters. The highest BCUT2D eigenvalue weighted by atomic mass is 32.2. The second-order valence-electron chi connectivity index (χ2n) is 6.24. The average molecular weight is 331 g/mol. The van der Waals surface area contributed by atoms with Crippen molar-refractivity contribution in [3.8, 4) is 0 Å². The summed E-state index contributed by atoms with van der Waals surface area (Å²) in [5.74, 6) is 2.91. The van der Waals surface area contributed by atoms with Crippen LogP contribution in [-0.2, 0) is 9.53 Å². The Kier molecular flexibility index (Phi) is 7.43. The Hall–Kier alpha value is 0.330. The van der Waals surface area contributed by atoms with Crippen LogP contribution in [0.5, 0.6) is 0 Å². The van der Waals surface area contributed by atoms with Crippen LogP contribution >= 0.6 is 23.5 Å². The molecule has 0 aromatic rings. The summed E-state index contributed by atoms with van der Waals surface area (Å²) in [5.41, 5.74) is 0. The van der Waals surface area contributed by atoms with Crippen LogP contribution in [0, 0.1) is 0 Å². The fourth-order valence-electron chi connectivity index (χ4n) is 3.26. The Labute approximate surface area is 138 Å². The lowest BCUT2D eigenvalue weighted by Crippen LogP contribution is -2.47. The van der Waals surface area contributed by atoms with Gasteiger partial charge in [-0.05, 0) is 37.2 Å². The zero-order valence-electron chi connectivity index (χ0n) is 13.6. The van der Waals surface area contributed by atoms with Gasteiger partial charge < -0.3 is 4.74 Å². The van der Waals surface area contributed by atoms with E-state index < -0.39 is 0 Å². The summed E-state index contributed by atoms with van der Waals surface area (Å²) in [7, 11) is 0. The van der Waals surface area contributed by atoms with Gasteiger partial charge in [0.25, 0.3) is 0 Å². The number of carbonyl (C=O) groups is 1. The standard InChI is InChI=1S/C17H30O2S2/c1-3-5-6-8-16-17(20-11-7-12-21-17)10-9-15(19-16)13-14(18)4-2/h15-16H,3-13H2,1-2H3/t15-,16-/m1/s1. The monoisotopic (exact) mass is 330 g/mol. The number of thioether (sulfide) groups is 2. The number of ketones is 1. The van der Waals surface area contributed by atoms with Crippen molar-refractivity contribution in [3.63, 3.8) is 0 Å². The van der Waals surface area contributed by atoms with E-state index in [-0.39, 0.29) is 10.2 Å². The topological polar surface area (TPSA) is 26.3 Å². The molecule has 0 unspecified atom stereocenters. The van der Waals surface area contributed by atoms with Crippen molar-refractivity contribution in [2.75, 3.05) is 11.5 Å². The Morgan fingerprint density at radius 1 is 1.24 bits per heavy atom. The molecule has 2 aliphatic rings. The predicted octanol–water partition coefficient (Wildman–Crippen LogP) is 5.05. The molecule has 2 saturated heterocycles. The maximum Gasteiger partial charge on any atom is 0.135 e. The van der Waals surface area contributed by atoms with Crippen molar-refractivity contribution in [2.24, 2.45) is 0 Å². The molecule has 0 radical (unpaired) electrons. The number of ether oxygens (including phenoxy) is 1. The average Bonchev–Trinajstić information content (AvgIpc) is 2.51. The highest BCUT2D eigenvalue weighted by Crippen LogP contribution is 2.53. The van der Waals surface area contributed by atoms with Gasteiger partial charge in [-0.2, -0.15) is 0 Å². The minimum absolute atomic E-state index is 0.179. The van der Waals surface area contributed by atoms with Crippen LogP contribution in [0.2, 0.25) is 0 Å². The lowest BCUT2D eigenvalue weighted by atomic mass is 9.96. The van der Waals surface area contributed by atoms with Crippen molar-refractivity contribution in [1.82, 2.24) is 0 Å². The zero-order chi connectivity index (χ0) is 15.1. The van der Waals surface area contributed by atoms with Crippen LogP contribution in [0.15, 0.2) is 0 Å². The summed E-state index contributed by atoms with van der Waals surface area (Å²) in [6.07, 6.45) is 10.4. The van der Waals surface area contributed by atoms with Gasteiger partial charge in [0.2, 0.25) is 0 Å². The van der Waals surface area contributed by atoms with Gasteiger partial charge in [-0.1, -0.05) is 33.1 Å². The Bertz CT molecular complexity index is 327. The lowest BCUT2D eigenvalue weighted by molar-refractivity contribution is -0.125. The van der Waals surface area contributed by atoms with E-state index >= 15 is 0 Å². The van der Waals surface area contributed by atoms with Gasteiger partial charge >= 0.3 is 0 Å². The Morgan fingerprint density at radius 3 is 2.67 bits per heavy atom. The third-order valence-electron chi connectivity index (χ3n) is 4.56. The zero-order valence-corrected chi connectivity index (χ0v) is 15.2. The van der Waals surface area contributed by atoms with Gasteiger partial charge in [0.15, 0.2) is 0 Å². The number of unbranched alkanes of at least 4 members (excludes halogenated alkanes) is 2. The normalized spacial score (nSPS) is 28.7. The molecule has 4 heteroatoms. The summed E-state index contributed by atoms with van der Waals surface area (Å²) in [6, 6.07) is 0. The van der Waals surface area contributed by atoms with Crippen LogP contribution in [0.1, 0.15) is 71.6 Å². The molecule has 2 fully saturated rings. The second kappa shape index (κ2) is 8.83. The predicted molar refractivity (Wildman–Crippen MR) is 94.2 cm³/mol. The van der Waals surface area contributed by atoms with Gasteiger partial charge in [-0.15, -0.1) is 23.5 Å². The minimum atomic E-state index is 0.179. The molecule has 21 heavy (non-hydrogen) atoms. The molecule has 2 nitrogen and oxygen atoms in total. The fraction of sp³-hybridized carbons (Fsp3) is 0.941. The summed E-state index contributed by atoms with van der Waals surface area (Å²) < 4.78 is 6.73. The van der Waals surface area contributed by atoms with E-state index in [2.05, 4.69) is 30.4 Å². The van der Waals surface area contributed by atoms with Gasteiger partial charge in [0.05, 0.1) is 16.3 Å². The van der Waals surface area contributed by atoms with Crippen LogP contribution in [0.3, 0.4) is 0 Å². The van der Waals surface area contributed by atoms with Gasteiger partial charge in [0.1, 0.15) is 5.78 Å². The molecule has 2 rings (SSSR count). The van der Waals surface area contributed by atoms with Gasteiger partial charge in [0, 0.05) is 12.8 Å². The quantitative estimate of drug-likeness (QED) is 0.610. The molecule has 0 aromatic carbocycles. The van der Waals surface area contributed by atoms with E-state index in [1.54, 1.807) is 0 Å². The van der Waals surface area contributed by atoms with E-state index in [4.69, 9.17) is 4.74 Å². The molecule has 0 bridgehead atoms. The van der Waals surface area contributed by atoms with E-state index in [1.807, 2.05) is 6.92 Å². The van der Waals surface area contributed by atoms with Crippen molar-refractivity contribution >= 4 is 29.3 Å². The smallest absolute Gasteiger partial charge is 0.135 e.